The summed E-state index contributed by atoms with van der Waals surface area (Å²) in [4.78, 5) is 24.9. The van der Waals surface area contributed by atoms with Gasteiger partial charge in [-0.15, -0.1) is 0 Å². The van der Waals surface area contributed by atoms with E-state index < -0.39 is 17.7 Å². The Kier molecular flexibility index (Phi) is 9.16. The number of aliphatic hydroxyl groups excluding tert-OH is 1. The van der Waals surface area contributed by atoms with Crippen LogP contribution in [0.15, 0.2) is 36.4 Å². The molecule has 0 aromatic heterocycles. The normalized spacial score (nSPS) is 13.3. The van der Waals surface area contributed by atoms with Crippen LogP contribution in [0.2, 0.25) is 0 Å². The van der Waals surface area contributed by atoms with E-state index in [-0.39, 0.29) is 37.1 Å². The maximum Gasteiger partial charge on any atom is 0.453 e. The zero-order valence-corrected chi connectivity index (χ0v) is 19.9. The first-order chi connectivity index (χ1) is 16.9. The molecule has 0 aliphatic carbocycles. The van der Waals surface area contributed by atoms with Crippen molar-refractivity contribution in [3.8, 4) is 23.0 Å². The van der Waals surface area contributed by atoms with Crippen LogP contribution in [-0.4, -0.2) is 60.8 Å². The molecule has 0 fully saturated rings. The molecule has 1 aliphatic heterocycles. The Morgan fingerprint density at radius 1 is 0.971 bits per heavy atom. The quantitative estimate of drug-likeness (QED) is 0.218. The Morgan fingerprint density at radius 2 is 1.69 bits per heavy atom. The van der Waals surface area contributed by atoms with Crippen LogP contribution < -0.4 is 19.5 Å². The summed E-state index contributed by atoms with van der Waals surface area (Å²) in [5.74, 6) is -3.04. The summed E-state index contributed by atoms with van der Waals surface area (Å²) in [6, 6.07) is 9.97. The monoisotopic (exact) mass is 489 g/mol. The molecule has 0 saturated carbocycles. The number of phenols is 1. The van der Waals surface area contributed by atoms with Gasteiger partial charge in [-0.2, -0.15) is 0 Å². The van der Waals surface area contributed by atoms with Crippen molar-refractivity contribution in [3.63, 3.8) is 0 Å². The third-order valence-electron chi connectivity index (χ3n) is 5.18. The van der Waals surface area contributed by atoms with Crippen molar-refractivity contribution < 1.29 is 43.5 Å². The highest BCUT2D eigenvalue weighted by Crippen LogP contribution is 2.41. The van der Waals surface area contributed by atoms with E-state index in [1.807, 2.05) is 6.07 Å². The van der Waals surface area contributed by atoms with Gasteiger partial charge in [0.2, 0.25) is 0 Å². The van der Waals surface area contributed by atoms with Crippen molar-refractivity contribution in [3.05, 3.63) is 47.5 Å². The van der Waals surface area contributed by atoms with Gasteiger partial charge in [0, 0.05) is 5.56 Å². The van der Waals surface area contributed by atoms with Gasteiger partial charge in [-0.25, -0.2) is 9.59 Å². The van der Waals surface area contributed by atoms with Gasteiger partial charge in [-0.1, -0.05) is 6.07 Å². The van der Waals surface area contributed by atoms with Gasteiger partial charge in [0.25, 0.3) is 0 Å². The zero-order chi connectivity index (χ0) is 25.3. The minimum atomic E-state index is -2.29. The molecule has 2 aromatic carbocycles. The minimum Gasteiger partial charge on any atom is -0.508 e. The molecule has 190 valence electrons. The highest BCUT2D eigenvalue weighted by Gasteiger charge is 2.59. The molecule has 0 atom stereocenters. The van der Waals surface area contributed by atoms with Gasteiger partial charge in [-0.05, 0) is 75.7 Å². The lowest BCUT2D eigenvalue weighted by molar-refractivity contribution is -0.202. The number of esters is 2. The highest BCUT2D eigenvalue weighted by molar-refractivity contribution is 6.03. The number of hydrogen-bond donors (Lipinski definition) is 3. The topological polar surface area (TPSA) is 133 Å². The summed E-state index contributed by atoms with van der Waals surface area (Å²) in [5, 5.41) is 22.1. The van der Waals surface area contributed by atoms with Crippen LogP contribution in [0.4, 0.5) is 0 Å². The first-order valence-electron chi connectivity index (χ1n) is 11.5. The second kappa shape index (κ2) is 12.3. The lowest BCUT2D eigenvalue weighted by Crippen LogP contribution is -2.55. The van der Waals surface area contributed by atoms with E-state index in [9.17, 15) is 19.8 Å². The fraction of sp³-hybridized carbons (Fsp3) is 0.440. The van der Waals surface area contributed by atoms with E-state index in [2.05, 4.69) is 5.32 Å². The molecule has 10 heteroatoms. The smallest absolute Gasteiger partial charge is 0.453 e. The third kappa shape index (κ3) is 6.34. The summed E-state index contributed by atoms with van der Waals surface area (Å²) in [6.45, 7) is 5.01. The van der Waals surface area contributed by atoms with Crippen LogP contribution in [-0.2, 0) is 32.1 Å². The standard InChI is InChI=1S/C25H31NO9/c1-3-31-23(29)25(24(30)32-4-2)34-21-9-6-17(14-22(21)35-25)10-12-26-11-5-13-33-19-7-8-20(28)18(15-19)16-27/h6-9,14-15,26-28H,3-5,10-13,16H2,1-2H3. The number of benzene rings is 2. The Labute approximate surface area is 203 Å². The van der Waals surface area contributed by atoms with Crippen molar-refractivity contribution in [2.24, 2.45) is 0 Å². The Bertz CT molecular complexity index is 1010. The van der Waals surface area contributed by atoms with Crippen LogP contribution in [0.3, 0.4) is 0 Å². The van der Waals surface area contributed by atoms with E-state index in [1.54, 1.807) is 38.1 Å². The molecule has 3 rings (SSSR count). The minimum absolute atomic E-state index is 0.0394. The number of carbonyl (C=O) groups excluding carboxylic acids is 2. The third-order valence-corrected chi connectivity index (χ3v) is 5.18. The van der Waals surface area contributed by atoms with Crippen molar-refractivity contribution >= 4 is 11.9 Å². The number of nitrogens with one attached hydrogen (secondary N) is 1. The average molecular weight is 490 g/mol. The second-order valence-electron chi connectivity index (χ2n) is 7.69. The van der Waals surface area contributed by atoms with Gasteiger partial charge in [0.15, 0.2) is 11.5 Å². The summed E-state index contributed by atoms with van der Waals surface area (Å²) >= 11 is 0. The number of hydrogen-bond acceptors (Lipinski definition) is 10. The molecule has 3 N–H and O–H groups in total. The van der Waals surface area contributed by atoms with Gasteiger partial charge in [-0.3, -0.25) is 0 Å². The van der Waals surface area contributed by atoms with E-state index in [0.717, 1.165) is 18.5 Å². The molecule has 10 nitrogen and oxygen atoms in total. The second-order valence-corrected chi connectivity index (χ2v) is 7.69. The van der Waals surface area contributed by atoms with Crippen LogP contribution >= 0.6 is 0 Å². The van der Waals surface area contributed by atoms with Crippen LogP contribution in [0.1, 0.15) is 31.4 Å². The van der Waals surface area contributed by atoms with Crippen molar-refractivity contribution in [1.29, 1.82) is 0 Å². The van der Waals surface area contributed by atoms with Gasteiger partial charge in [0.05, 0.1) is 26.4 Å². The SMILES string of the molecule is CCOC(=O)C1(C(=O)OCC)Oc2ccc(CCNCCCOc3ccc(O)c(CO)c3)cc2O1. The predicted molar refractivity (Wildman–Crippen MR) is 124 cm³/mol. The fourth-order valence-corrected chi connectivity index (χ4v) is 3.43. The summed E-state index contributed by atoms with van der Waals surface area (Å²) in [6.07, 6.45) is 1.44. The van der Waals surface area contributed by atoms with E-state index in [0.29, 0.717) is 30.9 Å². The van der Waals surface area contributed by atoms with Crippen molar-refractivity contribution in [2.45, 2.75) is 39.1 Å². The highest BCUT2D eigenvalue weighted by atomic mass is 16.8. The van der Waals surface area contributed by atoms with Crippen LogP contribution in [0.5, 0.6) is 23.0 Å². The molecule has 2 aromatic rings. The number of carbonyl (C=O) groups is 2. The van der Waals surface area contributed by atoms with Crippen LogP contribution in [0, 0.1) is 0 Å². The molecule has 1 aliphatic rings. The molecule has 0 bridgehead atoms. The Morgan fingerprint density at radius 3 is 2.37 bits per heavy atom. The van der Waals surface area contributed by atoms with E-state index >= 15 is 0 Å². The van der Waals surface area contributed by atoms with Gasteiger partial charge >= 0.3 is 17.7 Å². The maximum absolute atomic E-state index is 12.5. The number of fused-ring (bicyclic) bond motifs is 1. The molecule has 0 unspecified atom stereocenters. The van der Waals surface area contributed by atoms with E-state index in [1.165, 1.54) is 6.07 Å². The van der Waals surface area contributed by atoms with Crippen LogP contribution in [0.25, 0.3) is 0 Å². The first kappa shape index (κ1) is 26.1. The Hall–Kier alpha value is -3.50. The molecular weight excluding hydrogens is 458 g/mol. The number of aliphatic hydroxyl groups is 1. The maximum atomic E-state index is 12.5. The van der Waals surface area contributed by atoms with Gasteiger partial charge in [0.1, 0.15) is 11.5 Å². The average Bonchev–Trinajstić information content (AvgIpc) is 3.25. The Balaban J connectivity index is 1.45. The lowest BCUT2D eigenvalue weighted by Gasteiger charge is -2.22. The fourth-order valence-electron chi connectivity index (χ4n) is 3.43. The zero-order valence-electron chi connectivity index (χ0n) is 19.9. The van der Waals surface area contributed by atoms with Gasteiger partial charge < -0.3 is 39.2 Å². The van der Waals surface area contributed by atoms with Crippen molar-refractivity contribution in [1.82, 2.24) is 5.32 Å². The predicted octanol–water partition coefficient (Wildman–Crippen LogP) is 2.08. The molecule has 1 heterocycles. The summed E-state index contributed by atoms with van der Waals surface area (Å²) < 4.78 is 26.8. The summed E-state index contributed by atoms with van der Waals surface area (Å²) in [5.41, 5.74) is 1.35. The molecule has 35 heavy (non-hydrogen) atoms. The number of aromatic hydroxyl groups is 1. The summed E-state index contributed by atoms with van der Waals surface area (Å²) in [7, 11) is 0. The molecule has 0 radical (unpaired) electrons. The molecule has 0 amide bonds. The largest absolute Gasteiger partial charge is 0.508 e. The molecule has 0 spiro atoms. The van der Waals surface area contributed by atoms with E-state index in [4.69, 9.17) is 23.7 Å². The number of ether oxygens (including phenoxy) is 5. The molecular formula is C25H31NO9. The first-order valence-corrected chi connectivity index (χ1v) is 11.5. The lowest BCUT2D eigenvalue weighted by atomic mass is 10.1. The van der Waals surface area contributed by atoms with Crippen molar-refractivity contribution in [2.75, 3.05) is 32.9 Å². The molecule has 0 saturated heterocycles. The number of rotatable bonds is 13.